The van der Waals surface area contributed by atoms with Crippen LogP contribution in [0.3, 0.4) is 0 Å². The van der Waals surface area contributed by atoms with Crippen LogP contribution in [0, 0.1) is 6.92 Å². The highest BCUT2D eigenvalue weighted by molar-refractivity contribution is 6.07. The van der Waals surface area contributed by atoms with Crippen LogP contribution in [-0.2, 0) is 9.59 Å². The van der Waals surface area contributed by atoms with Crippen molar-refractivity contribution >= 4 is 29.0 Å². The fourth-order valence-corrected chi connectivity index (χ4v) is 2.87. The molecule has 0 unspecified atom stereocenters. The summed E-state index contributed by atoms with van der Waals surface area (Å²) in [5.41, 5.74) is 1.84. The maximum Gasteiger partial charge on any atom is 0.235 e. The highest BCUT2D eigenvalue weighted by Crippen LogP contribution is 2.21. The van der Waals surface area contributed by atoms with E-state index in [4.69, 9.17) is 4.52 Å². The van der Waals surface area contributed by atoms with Gasteiger partial charge in [-0.15, -0.1) is 0 Å². The number of aryl methyl sites for hydroxylation is 1. The number of hydrogen-bond acceptors (Lipinski definition) is 5. The first-order valence-corrected chi connectivity index (χ1v) is 8.48. The number of benzene rings is 1. The van der Waals surface area contributed by atoms with Crippen LogP contribution in [0.1, 0.15) is 31.4 Å². The van der Waals surface area contributed by atoms with Crippen LogP contribution in [0.5, 0.6) is 0 Å². The summed E-state index contributed by atoms with van der Waals surface area (Å²) >= 11 is 0. The minimum Gasteiger partial charge on any atom is -0.372 e. The second kappa shape index (κ2) is 7.83. The van der Waals surface area contributed by atoms with Gasteiger partial charge >= 0.3 is 0 Å². The molecule has 0 atom stereocenters. The molecule has 132 valence electrons. The molecule has 0 spiro atoms. The van der Waals surface area contributed by atoms with Crippen LogP contribution in [0.15, 0.2) is 34.9 Å². The number of carbonyl (C=O) groups excluding carboxylic acids is 2. The summed E-state index contributed by atoms with van der Waals surface area (Å²) < 4.78 is 4.86. The quantitative estimate of drug-likeness (QED) is 0.816. The zero-order valence-corrected chi connectivity index (χ0v) is 14.2. The number of carbonyl (C=O) groups is 2. The van der Waals surface area contributed by atoms with Crippen LogP contribution in [0.2, 0.25) is 0 Å². The lowest BCUT2D eigenvalue weighted by molar-refractivity contribution is -0.123. The van der Waals surface area contributed by atoms with Crippen LogP contribution < -0.4 is 15.5 Å². The molecule has 2 amide bonds. The Morgan fingerprint density at radius 3 is 2.40 bits per heavy atom. The zero-order chi connectivity index (χ0) is 17.6. The Hall–Kier alpha value is -2.83. The van der Waals surface area contributed by atoms with Crippen molar-refractivity contribution < 1.29 is 14.1 Å². The monoisotopic (exact) mass is 342 g/mol. The first kappa shape index (κ1) is 17.0. The highest BCUT2D eigenvalue weighted by atomic mass is 16.5. The van der Waals surface area contributed by atoms with Gasteiger partial charge in [-0.05, 0) is 50.5 Å². The number of anilines is 3. The standard InChI is InChI=1S/C18H22N4O3/c1-13-11-16(21-25-13)20-18(24)12-17(23)19-14-5-7-15(8-6-14)22-9-3-2-4-10-22/h5-8,11H,2-4,9-10,12H2,1H3,(H,19,23)(H,20,21,24). The van der Waals surface area contributed by atoms with Gasteiger partial charge in [-0.1, -0.05) is 5.16 Å². The van der Waals surface area contributed by atoms with Gasteiger partial charge in [-0.2, -0.15) is 0 Å². The summed E-state index contributed by atoms with van der Waals surface area (Å²) in [5, 5.41) is 8.91. The molecular weight excluding hydrogens is 320 g/mol. The molecule has 25 heavy (non-hydrogen) atoms. The Kier molecular flexibility index (Phi) is 5.33. The molecule has 1 aromatic heterocycles. The van der Waals surface area contributed by atoms with Crippen molar-refractivity contribution in [2.45, 2.75) is 32.6 Å². The van der Waals surface area contributed by atoms with Gasteiger partial charge in [0.05, 0.1) is 0 Å². The van der Waals surface area contributed by atoms with E-state index in [0.29, 0.717) is 17.3 Å². The molecule has 2 N–H and O–H groups in total. The molecule has 0 aliphatic carbocycles. The van der Waals surface area contributed by atoms with E-state index in [1.807, 2.05) is 24.3 Å². The van der Waals surface area contributed by atoms with Crippen LogP contribution in [0.25, 0.3) is 0 Å². The zero-order valence-electron chi connectivity index (χ0n) is 14.2. The maximum absolute atomic E-state index is 12.0. The molecule has 2 aromatic rings. The molecular formula is C18H22N4O3. The van der Waals surface area contributed by atoms with Crippen molar-refractivity contribution in [2.75, 3.05) is 28.6 Å². The molecule has 3 rings (SSSR count). The lowest BCUT2D eigenvalue weighted by Crippen LogP contribution is -2.29. The predicted octanol–water partition coefficient (Wildman–Crippen LogP) is 2.94. The molecule has 7 nitrogen and oxygen atoms in total. The van der Waals surface area contributed by atoms with Gasteiger partial charge in [-0.25, -0.2) is 0 Å². The van der Waals surface area contributed by atoms with Gasteiger partial charge in [0, 0.05) is 30.5 Å². The predicted molar refractivity (Wildman–Crippen MR) is 95.6 cm³/mol. The third-order valence-electron chi connectivity index (χ3n) is 4.09. The van der Waals surface area contributed by atoms with Crippen molar-refractivity contribution in [3.63, 3.8) is 0 Å². The van der Waals surface area contributed by atoms with Gasteiger partial charge in [0.25, 0.3) is 0 Å². The van der Waals surface area contributed by atoms with E-state index in [9.17, 15) is 9.59 Å². The summed E-state index contributed by atoms with van der Waals surface area (Å²) in [6.07, 6.45) is 3.46. The second-order valence-corrected chi connectivity index (χ2v) is 6.19. The van der Waals surface area contributed by atoms with Crippen molar-refractivity contribution in [1.29, 1.82) is 0 Å². The lowest BCUT2D eigenvalue weighted by Gasteiger charge is -2.28. The number of nitrogens with one attached hydrogen (secondary N) is 2. The molecule has 0 saturated carbocycles. The van der Waals surface area contributed by atoms with E-state index in [0.717, 1.165) is 18.8 Å². The van der Waals surface area contributed by atoms with E-state index < -0.39 is 5.91 Å². The van der Waals surface area contributed by atoms with Gasteiger partial charge in [0.2, 0.25) is 11.8 Å². The molecule has 7 heteroatoms. The molecule has 1 saturated heterocycles. The topological polar surface area (TPSA) is 87.5 Å². The van der Waals surface area contributed by atoms with E-state index in [-0.39, 0.29) is 12.3 Å². The smallest absolute Gasteiger partial charge is 0.235 e. The normalized spacial score (nSPS) is 14.2. The molecule has 1 aromatic carbocycles. The molecule has 1 aliphatic heterocycles. The number of amides is 2. The second-order valence-electron chi connectivity index (χ2n) is 6.19. The largest absolute Gasteiger partial charge is 0.372 e. The fraction of sp³-hybridized carbons (Fsp3) is 0.389. The van der Waals surface area contributed by atoms with Gasteiger partial charge in [0.15, 0.2) is 5.82 Å². The van der Waals surface area contributed by atoms with Crippen molar-refractivity contribution in [3.05, 3.63) is 36.1 Å². The van der Waals surface area contributed by atoms with Crippen molar-refractivity contribution in [3.8, 4) is 0 Å². The number of aromatic nitrogens is 1. The molecule has 1 fully saturated rings. The molecule has 0 bridgehead atoms. The van der Waals surface area contributed by atoms with Gasteiger partial charge in [0.1, 0.15) is 12.2 Å². The summed E-state index contributed by atoms with van der Waals surface area (Å²) in [6, 6.07) is 9.31. The lowest BCUT2D eigenvalue weighted by atomic mass is 10.1. The van der Waals surface area contributed by atoms with Crippen molar-refractivity contribution in [2.24, 2.45) is 0 Å². The number of rotatable bonds is 5. The first-order valence-electron chi connectivity index (χ1n) is 8.48. The van der Waals surface area contributed by atoms with Gasteiger partial charge in [-0.3, -0.25) is 9.59 Å². The Bertz CT molecular complexity index is 733. The number of piperidine rings is 1. The fourth-order valence-electron chi connectivity index (χ4n) is 2.87. The summed E-state index contributed by atoms with van der Waals surface area (Å²) in [4.78, 5) is 26.2. The number of hydrogen-bond donors (Lipinski definition) is 2. The minimum absolute atomic E-state index is 0.278. The van der Waals surface area contributed by atoms with Gasteiger partial charge < -0.3 is 20.1 Å². The third-order valence-corrected chi connectivity index (χ3v) is 4.09. The molecule has 2 heterocycles. The Labute approximate surface area is 146 Å². The van der Waals surface area contributed by atoms with E-state index in [2.05, 4.69) is 20.7 Å². The average molecular weight is 342 g/mol. The number of nitrogens with zero attached hydrogens (tertiary/aromatic N) is 2. The van der Waals surface area contributed by atoms with E-state index in [1.54, 1.807) is 13.0 Å². The first-order chi connectivity index (χ1) is 12.1. The summed E-state index contributed by atoms with van der Waals surface area (Å²) in [7, 11) is 0. The Morgan fingerprint density at radius 1 is 1.08 bits per heavy atom. The molecule has 1 aliphatic rings. The Balaban J connectivity index is 1.49. The maximum atomic E-state index is 12.0. The summed E-state index contributed by atoms with van der Waals surface area (Å²) in [5.74, 6) is 0.0916. The molecule has 0 radical (unpaired) electrons. The SMILES string of the molecule is Cc1cc(NC(=O)CC(=O)Nc2ccc(N3CCCCC3)cc2)no1. The van der Waals surface area contributed by atoms with Crippen LogP contribution in [-0.4, -0.2) is 30.1 Å². The average Bonchev–Trinajstić information content (AvgIpc) is 3.01. The minimum atomic E-state index is -0.435. The van der Waals surface area contributed by atoms with Crippen LogP contribution >= 0.6 is 0 Å². The van der Waals surface area contributed by atoms with E-state index >= 15 is 0 Å². The van der Waals surface area contributed by atoms with Crippen molar-refractivity contribution in [1.82, 2.24) is 5.16 Å². The third kappa shape index (κ3) is 4.82. The highest BCUT2D eigenvalue weighted by Gasteiger charge is 2.13. The Morgan fingerprint density at radius 2 is 1.76 bits per heavy atom. The summed E-state index contributed by atoms with van der Waals surface area (Å²) in [6.45, 7) is 3.88. The van der Waals surface area contributed by atoms with E-state index in [1.165, 1.54) is 19.3 Å². The van der Waals surface area contributed by atoms with Crippen LogP contribution in [0.4, 0.5) is 17.2 Å².